The fraction of sp³-hybridized carbons (Fsp3) is 0.190. The molecule has 0 saturated carbocycles. The molecule has 14 aromatic rings. The minimum absolute atomic E-state index is 0.0971. The number of methoxy groups -OCH3 is 6. The van der Waals surface area contributed by atoms with Gasteiger partial charge in [0, 0.05) is 64.2 Å². The first-order chi connectivity index (χ1) is 57.6. The van der Waals surface area contributed by atoms with E-state index in [9.17, 15) is 19.2 Å². The van der Waals surface area contributed by atoms with Crippen LogP contribution in [0.15, 0.2) is 195 Å². The van der Waals surface area contributed by atoms with E-state index in [4.69, 9.17) is 28.8 Å². The number of hydrogen-bond donors (Lipinski definition) is 13. The number of aryl methyl sites for hydroxylation is 1. The third-order valence-electron chi connectivity index (χ3n) is 16.8. The normalized spacial score (nSPS) is 10.5. The average Bonchev–Trinajstić information content (AvgIpc) is 1.69. The summed E-state index contributed by atoms with van der Waals surface area (Å²) < 4.78 is 29.0. The third-order valence-corrected chi connectivity index (χ3v) is 16.8. The summed E-state index contributed by atoms with van der Waals surface area (Å²) in [7, 11) is 8.68. The van der Waals surface area contributed by atoms with Gasteiger partial charge in [0.15, 0.2) is 23.3 Å². The fourth-order valence-electron chi connectivity index (χ4n) is 10.6. The van der Waals surface area contributed by atoms with E-state index >= 15 is 0 Å². The lowest BCUT2D eigenvalue weighted by atomic mass is 10.1. The van der Waals surface area contributed by atoms with E-state index in [2.05, 4.69) is 167 Å². The lowest BCUT2D eigenvalue weighted by Crippen LogP contribution is -2.11. The van der Waals surface area contributed by atoms with Gasteiger partial charge in [0.05, 0.1) is 87.2 Å². The van der Waals surface area contributed by atoms with Crippen LogP contribution in [0.4, 0.5) is 70.9 Å². The number of rotatable bonds is 32. The molecule has 8 aromatic heterocycles. The molecule has 0 bridgehead atoms. The van der Waals surface area contributed by atoms with Gasteiger partial charge in [0.2, 0.25) is 47.6 Å². The molecule has 39 heteroatoms. The Balaban J connectivity index is 0.000000155. The number of carbonyl (C=O) groups is 4. The lowest BCUT2D eigenvalue weighted by molar-refractivity contribution is 0.0592. The van der Waals surface area contributed by atoms with Crippen LogP contribution in [-0.2, 0) is 36.6 Å². The predicted octanol–water partition coefficient (Wildman–Crippen LogP) is 10.6. The topological polar surface area (TPSA) is 510 Å². The summed E-state index contributed by atoms with van der Waals surface area (Å²) >= 11 is 0. The summed E-state index contributed by atoms with van der Waals surface area (Å²) in [5, 5.41) is 62.0. The van der Waals surface area contributed by atoms with Crippen molar-refractivity contribution >= 4 is 94.7 Å². The first-order valence-corrected chi connectivity index (χ1v) is 36.2. The van der Waals surface area contributed by atoms with E-state index in [-0.39, 0.29) is 30.5 Å². The number of carbonyl (C=O) groups excluding carboxylic acids is 4. The summed E-state index contributed by atoms with van der Waals surface area (Å²) in [6.45, 7) is 5.15. The second kappa shape index (κ2) is 42.7. The molecular formula is C79H82N28O11. The maximum Gasteiger partial charge on any atom is 0.337 e. The number of nitrogens with one attached hydrogen (secondary N) is 12. The molecule has 14 rings (SSSR count). The van der Waals surface area contributed by atoms with Gasteiger partial charge in [-0.05, 0) is 119 Å². The van der Waals surface area contributed by atoms with Crippen LogP contribution >= 0.6 is 0 Å². The molecule has 0 fully saturated rings. The minimum Gasteiger partial charge on any atom is -0.497 e. The standard InChI is InChI=1S/C23H23N7O3.C22H21N7O2.2C17H19N7O3/c1-32-18-9-3-15(4-10-18)11-12-24-22-25-14-26-23(28-22)27-20-13-19(29-30-20)16-5-7-17(8-6-16)21(31)33-2;1-14-5-3-4-6-17(14)12-23-21-24-13-25-22(27-21)26-19-11-18(28-29-19)15-7-9-16(10-8-15)20(30)31-2;1-26-8-7-18-16-19-10-20-17(22-16)21-14-9-13(23-24-14)11-3-5-12(6-4-11)15(25)27-2;1-27-15(26)12-5-3-11(4-6-12)13-9-14(24-23-13)21-17-20-10-19-16(22-17)18-7-2-8-25/h3-10,13-14H,11-12H2,1-2H3,(H3,24,25,26,27,28,29,30);3-11,13H,12H2,1-2H3,(H3,23,24,25,26,27,28,29);3-6,9-10H,7-8H2,1-2H3,(H3,18,19,20,21,22,23,24);3-6,9-10,25H,2,7-8H2,1H3,(H3,18,19,20,21,22,23,24). The highest BCUT2D eigenvalue weighted by Gasteiger charge is 2.16. The number of aromatic nitrogens is 20. The number of aromatic amines is 4. The molecule has 8 heterocycles. The van der Waals surface area contributed by atoms with Crippen molar-refractivity contribution in [3.63, 3.8) is 0 Å². The number of hydrogen-bond acceptors (Lipinski definition) is 35. The maximum atomic E-state index is 11.6. The summed E-state index contributed by atoms with van der Waals surface area (Å²) in [6.07, 6.45) is 7.08. The highest BCUT2D eigenvalue weighted by Crippen LogP contribution is 2.28. The summed E-state index contributed by atoms with van der Waals surface area (Å²) in [5.41, 5.74) is 12.1. The Labute approximate surface area is 674 Å². The number of ether oxygens (including phenoxy) is 6. The highest BCUT2D eigenvalue weighted by molar-refractivity contribution is 5.92. The van der Waals surface area contributed by atoms with E-state index in [1.165, 1.54) is 70.4 Å². The number of nitrogens with zero attached hydrogens (tertiary/aromatic N) is 16. The van der Waals surface area contributed by atoms with E-state index in [1.54, 1.807) is 80.9 Å². The fourth-order valence-corrected chi connectivity index (χ4v) is 10.6. The molecular weight excluding hydrogens is 1520 g/mol. The molecule has 39 nitrogen and oxygen atoms in total. The second-order valence-corrected chi connectivity index (χ2v) is 24.7. The van der Waals surface area contributed by atoms with E-state index in [1.807, 2.05) is 91.0 Å². The largest absolute Gasteiger partial charge is 0.497 e. The zero-order chi connectivity index (χ0) is 82.8. The molecule has 604 valence electrons. The lowest BCUT2D eigenvalue weighted by Gasteiger charge is -2.08. The number of aliphatic hydroxyl groups excluding tert-OH is 1. The zero-order valence-corrected chi connectivity index (χ0v) is 64.8. The molecule has 6 aromatic carbocycles. The summed E-state index contributed by atoms with van der Waals surface area (Å²) in [5.74, 6) is 4.77. The highest BCUT2D eigenvalue weighted by atomic mass is 16.5. The molecule has 118 heavy (non-hydrogen) atoms. The molecule has 0 amide bonds. The molecule has 0 aliphatic rings. The van der Waals surface area contributed by atoms with Crippen LogP contribution in [0, 0.1) is 6.92 Å². The predicted molar refractivity (Wildman–Crippen MR) is 438 cm³/mol. The van der Waals surface area contributed by atoms with Gasteiger partial charge in [-0.2, -0.15) is 40.3 Å². The molecule has 13 N–H and O–H groups in total. The molecule has 0 atom stereocenters. The SMILES string of the molecule is COC(=O)c1ccc(-c2cc(Nc3ncnc(NCCCO)n3)n[nH]2)cc1.COC(=O)c1ccc(-c2cc(Nc3ncnc(NCCc4ccc(OC)cc4)n3)n[nH]2)cc1.COC(=O)c1ccc(-c2cc(Nc3ncnc(NCc4ccccc4C)n3)n[nH]2)cc1.COCCNc1ncnc(Nc2cc(-c3ccc(C(=O)OC)cc3)[nH]n2)n1. The monoisotopic (exact) mass is 1600 g/mol. The van der Waals surface area contributed by atoms with Crippen molar-refractivity contribution in [3.05, 3.63) is 234 Å². The first kappa shape index (κ1) is 83.1. The van der Waals surface area contributed by atoms with Gasteiger partial charge in [-0.1, -0.05) is 84.9 Å². The number of anilines is 12. The van der Waals surface area contributed by atoms with Crippen LogP contribution in [0.1, 0.15) is 64.5 Å². The van der Waals surface area contributed by atoms with Gasteiger partial charge in [-0.15, -0.1) is 0 Å². The van der Waals surface area contributed by atoms with Gasteiger partial charge >= 0.3 is 23.9 Å². The number of aliphatic hydroxyl groups is 1. The molecule has 0 aliphatic carbocycles. The molecule has 0 radical (unpaired) electrons. The van der Waals surface area contributed by atoms with Crippen LogP contribution in [-0.4, -0.2) is 205 Å². The van der Waals surface area contributed by atoms with Crippen LogP contribution in [0.5, 0.6) is 5.75 Å². The maximum absolute atomic E-state index is 11.6. The van der Waals surface area contributed by atoms with Crippen molar-refractivity contribution in [1.29, 1.82) is 0 Å². The van der Waals surface area contributed by atoms with E-state index in [0.717, 1.165) is 57.2 Å². The van der Waals surface area contributed by atoms with Crippen molar-refractivity contribution in [2.45, 2.75) is 26.3 Å². The van der Waals surface area contributed by atoms with Gasteiger partial charge in [0.1, 0.15) is 31.1 Å². The van der Waals surface area contributed by atoms with Crippen LogP contribution in [0.3, 0.4) is 0 Å². The van der Waals surface area contributed by atoms with Crippen molar-refractivity contribution < 1.29 is 52.7 Å². The summed E-state index contributed by atoms with van der Waals surface area (Å²) in [4.78, 5) is 96.2. The average molecular weight is 1600 g/mol. The Morgan fingerprint density at radius 1 is 0.373 bits per heavy atom. The Morgan fingerprint density at radius 2 is 0.695 bits per heavy atom. The van der Waals surface area contributed by atoms with Crippen molar-refractivity contribution in [1.82, 2.24) is 101 Å². The zero-order valence-electron chi connectivity index (χ0n) is 64.8. The molecule has 0 spiro atoms. The molecule has 0 unspecified atom stereocenters. The Bertz CT molecular complexity index is 5390. The number of H-pyrrole nitrogens is 4. The third kappa shape index (κ3) is 24.6. The smallest absolute Gasteiger partial charge is 0.337 e. The number of benzene rings is 6. The molecule has 0 saturated heterocycles. The Hall–Kier alpha value is -15.8. The number of esters is 4. The second-order valence-electron chi connectivity index (χ2n) is 24.7. The quantitative estimate of drug-likeness (QED) is 0.0106. The molecule has 0 aliphatic heterocycles. The Kier molecular flexibility index (Phi) is 30.1. The van der Waals surface area contributed by atoms with Crippen LogP contribution in [0.2, 0.25) is 0 Å². The van der Waals surface area contributed by atoms with E-state index < -0.39 is 0 Å². The minimum atomic E-state index is -0.383. The van der Waals surface area contributed by atoms with Crippen molar-refractivity contribution in [3.8, 4) is 50.8 Å². The first-order valence-electron chi connectivity index (χ1n) is 36.2. The van der Waals surface area contributed by atoms with Crippen molar-refractivity contribution in [2.75, 3.05) is 118 Å². The van der Waals surface area contributed by atoms with Gasteiger partial charge in [-0.3, -0.25) is 20.4 Å². The van der Waals surface area contributed by atoms with Crippen LogP contribution < -0.4 is 47.3 Å². The van der Waals surface area contributed by atoms with Crippen LogP contribution in [0.25, 0.3) is 45.0 Å². The Morgan fingerprint density at radius 3 is 1.02 bits per heavy atom. The van der Waals surface area contributed by atoms with Gasteiger partial charge in [-0.25, -0.2) is 59.0 Å². The van der Waals surface area contributed by atoms with Gasteiger partial charge < -0.3 is 76.1 Å². The van der Waals surface area contributed by atoms with E-state index in [0.29, 0.717) is 132 Å². The van der Waals surface area contributed by atoms with Crippen molar-refractivity contribution in [2.24, 2.45) is 0 Å². The van der Waals surface area contributed by atoms with Gasteiger partial charge in [0.25, 0.3) is 0 Å². The summed E-state index contributed by atoms with van der Waals surface area (Å²) in [6, 6.07) is 51.4.